The van der Waals surface area contributed by atoms with E-state index in [1.54, 1.807) is 45.0 Å². The molecule has 0 spiro atoms. The summed E-state index contributed by atoms with van der Waals surface area (Å²) in [7, 11) is -0.799. The van der Waals surface area contributed by atoms with Crippen molar-refractivity contribution >= 4 is 21.6 Å². The molecule has 0 saturated carbocycles. The largest absolute Gasteiger partial charge is 0.442 e. The Bertz CT molecular complexity index is 660. The lowest BCUT2D eigenvalue weighted by molar-refractivity contribution is 0.0580. The summed E-state index contributed by atoms with van der Waals surface area (Å²) in [5.41, 5.74) is 0.0653. The molecule has 1 amide bonds. The second-order valence-corrected chi connectivity index (χ2v) is 9.59. The summed E-state index contributed by atoms with van der Waals surface area (Å²) in [6, 6.07) is 8.94. The zero-order valence-electron chi connectivity index (χ0n) is 16.6. The van der Waals surface area contributed by atoms with Gasteiger partial charge >= 0.3 is 6.09 Å². The summed E-state index contributed by atoms with van der Waals surface area (Å²) in [5.74, 6) is 6.26. The molecule has 1 aromatic carbocycles. The smallest absolute Gasteiger partial charge is 0.429 e. The Hall–Kier alpha value is -1.68. The van der Waals surface area contributed by atoms with E-state index in [2.05, 4.69) is 10.2 Å². The van der Waals surface area contributed by atoms with E-state index in [0.29, 0.717) is 30.3 Å². The van der Waals surface area contributed by atoms with E-state index in [1.165, 1.54) is 0 Å². The number of anilines is 1. The number of rotatable bonds is 4. The highest BCUT2D eigenvalue weighted by molar-refractivity contribution is 7.91. The van der Waals surface area contributed by atoms with Gasteiger partial charge in [0.15, 0.2) is 9.84 Å². The summed E-state index contributed by atoms with van der Waals surface area (Å²) in [6.45, 7) is 8.66. The average Bonchev–Trinajstić information content (AvgIpc) is 2.60. The molecule has 0 radical (unpaired) electrons. The van der Waals surface area contributed by atoms with Crippen molar-refractivity contribution in [1.29, 1.82) is 0 Å². The first-order valence-corrected chi connectivity index (χ1v) is 10.8. The molecule has 154 valence electrons. The van der Waals surface area contributed by atoms with Gasteiger partial charge in [-0.05, 0) is 40.0 Å². The number of carbonyl (C=O) groups is 1. The number of para-hydroxylation sites is 1. The van der Waals surface area contributed by atoms with E-state index in [0.717, 1.165) is 18.1 Å². The molecule has 1 fully saturated rings. The highest BCUT2D eigenvalue weighted by atomic mass is 32.2. The van der Waals surface area contributed by atoms with E-state index in [4.69, 9.17) is 10.6 Å². The minimum absolute atomic E-state index is 0.330. The lowest BCUT2D eigenvalue weighted by Gasteiger charge is -2.26. The Morgan fingerprint density at radius 1 is 1.22 bits per heavy atom. The molecular weight excluding hydrogens is 368 g/mol. The van der Waals surface area contributed by atoms with E-state index in [9.17, 15) is 13.2 Å². The molecule has 27 heavy (non-hydrogen) atoms. The summed E-state index contributed by atoms with van der Waals surface area (Å²) < 4.78 is 27.2. The average molecular weight is 401 g/mol. The van der Waals surface area contributed by atoms with E-state index in [-0.39, 0.29) is 0 Å². The van der Waals surface area contributed by atoms with Crippen molar-refractivity contribution in [2.45, 2.75) is 26.4 Å². The predicted octanol–water partition coefficient (Wildman–Crippen LogP) is 1.24. The van der Waals surface area contributed by atoms with Crippen LogP contribution in [0.3, 0.4) is 0 Å². The highest BCUT2D eigenvalue weighted by Gasteiger charge is 2.21. The molecule has 1 aromatic rings. The first-order chi connectivity index (χ1) is 12.5. The van der Waals surface area contributed by atoms with Gasteiger partial charge in [0, 0.05) is 26.2 Å². The number of nitrogens with one attached hydrogen (secondary N) is 1. The third kappa shape index (κ3) is 9.71. The maximum Gasteiger partial charge on any atom is 0.429 e. The van der Waals surface area contributed by atoms with Crippen LogP contribution in [-0.4, -0.2) is 69.7 Å². The van der Waals surface area contributed by atoms with E-state index < -0.39 is 21.5 Å². The number of benzene rings is 1. The van der Waals surface area contributed by atoms with Gasteiger partial charge in [-0.3, -0.25) is 0 Å². The first kappa shape index (κ1) is 23.4. The van der Waals surface area contributed by atoms with Gasteiger partial charge in [-0.2, -0.15) is 0 Å². The van der Waals surface area contributed by atoms with Crippen LogP contribution in [0.1, 0.15) is 20.8 Å². The highest BCUT2D eigenvalue weighted by Crippen LogP contribution is 2.14. The van der Waals surface area contributed by atoms with E-state index >= 15 is 0 Å². The van der Waals surface area contributed by atoms with Gasteiger partial charge in [-0.15, -0.1) is 0 Å². The summed E-state index contributed by atoms with van der Waals surface area (Å²) in [5, 5.41) is 4.04. The molecule has 0 bridgehead atoms. The van der Waals surface area contributed by atoms with Crippen molar-refractivity contribution in [3.05, 3.63) is 30.3 Å². The van der Waals surface area contributed by atoms with Crippen molar-refractivity contribution in [1.82, 2.24) is 10.2 Å². The molecule has 8 nitrogen and oxygen atoms in total. The van der Waals surface area contributed by atoms with Crippen molar-refractivity contribution in [3.8, 4) is 0 Å². The van der Waals surface area contributed by atoms with Crippen molar-refractivity contribution in [2.75, 3.05) is 49.7 Å². The molecule has 9 heteroatoms. The second kappa shape index (κ2) is 10.6. The molecule has 1 aliphatic heterocycles. The summed E-state index contributed by atoms with van der Waals surface area (Å²) in [6.07, 6.45) is -0.561. The predicted molar refractivity (Wildman–Crippen MR) is 108 cm³/mol. The lowest BCUT2D eigenvalue weighted by Crippen LogP contribution is -2.42. The number of hydrazine groups is 1. The standard InChI is InChI=1S/C11H16N2O2.C7H16N2O2S/c1-11(2,3)15-10(14)13(12)9-7-5-4-6-8-9;1-8-2-3-9-4-6-12(10,11)7-5-9/h4-8H,12H2,1-3H3;8H,2-7H2,1H3. The quantitative estimate of drug-likeness (QED) is 0.445. The minimum Gasteiger partial charge on any atom is -0.442 e. The molecule has 0 aliphatic carbocycles. The maximum atomic E-state index is 11.5. The second-order valence-electron chi connectivity index (χ2n) is 7.28. The third-order valence-electron chi connectivity index (χ3n) is 3.74. The molecule has 1 saturated heterocycles. The monoisotopic (exact) mass is 400 g/mol. The molecule has 1 aliphatic rings. The number of hydrogen-bond acceptors (Lipinski definition) is 7. The topological polar surface area (TPSA) is 105 Å². The molecule has 0 unspecified atom stereocenters. The molecule has 1 heterocycles. The van der Waals surface area contributed by atoms with Crippen LogP contribution in [0.2, 0.25) is 0 Å². The fraction of sp³-hybridized carbons (Fsp3) is 0.611. The molecule has 0 atom stereocenters. The Morgan fingerprint density at radius 3 is 2.26 bits per heavy atom. The van der Waals surface area contributed by atoms with Crippen LogP contribution in [0.15, 0.2) is 30.3 Å². The molecular formula is C18H32N4O4S. The summed E-state index contributed by atoms with van der Waals surface area (Å²) in [4.78, 5) is 13.7. The zero-order valence-corrected chi connectivity index (χ0v) is 17.5. The number of amides is 1. The van der Waals surface area contributed by atoms with Gasteiger partial charge < -0.3 is 15.0 Å². The number of ether oxygens (including phenoxy) is 1. The molecule has 3 N–H and O–H groups in total. The van der Waals surface area contributed by atoms with Crippen LogP contribution in [0.5, 0.6) is 0 Å². The van der Waals surface area contributed by atoms with Crippen LogP contribution in [-0.2, 0) is 14.6 Å². The van der Waals surface area contributed by atoms with Gasteiger partial charge in [0.1, 0.15) is 5.60 Å². The number of sulfone groups is 1. The normalized spacial score (nSPS) is 16.8. The fourth-order valence-corrected chi connectivity index (χ4v) is 3.53. The number of hydrogen-bond donors (Lipinski definition) is 2. The molecule has 0 aromatic heterocycles. The van der Waals surface area contributed by atoms with Gasteiger partial charge in [-0.25, -0.2) is 24.1 Å². The van der Waals surface area contributed by atoms with E-state index in [1.807, 2.05) is 13.1 Å². The maximum absolute atomic E-state index is 11.5. The molecule has 2 rings (SSSR count). The Balaban J connectivity index is 0.000000277. The lowest BCUT2D eigenvalue weighted by atomic mass is 10.2. The Morgan fingerprint density at radius 2 is 1.78 bits per heavy atom. The van der Waals surface area contributed by atoms with Crippen molar-refractivity contribution in [2.24, 2.45) is 5.84 Å². The van der Waals surface area contributed by atoms with Crippen LogP contribution < -0.4 is 16.2 Å². The number of likely N-dealkylation sites (N-methyl/N-ethyl adjacent to an activating group) is 1. The fourth-order valence-electron chi connectivity index (χ4n) is 2.25. The number of nitrogens with two attached hydrogens (primary N) is 1. The van der Waals surface area contributed by atoms with Crippen LogP contribution in [0.25, 0.3) is 0 Å². The Kier molecular flexibility index (Phi) is 9.17. The van der Waals surface area contributed by atoms with Gasteiger partial charge in [0.05, 0.1) is 17.2 Å². The van der Waals surface area contributed by atoms with Crippen molar-refractivity contribution in [3.63, 3.8) is 0 Å². The van der Waals surface area contributed by atoms with Gasteiger partial charge in [0.25, 0.3) is 0 Å². The van der Waals surface area contributed by atoms with Gasteiger partial charge in [0.2, 0.25) is 0 Å². The van der Waals surface area contributed by atoms with Crippen molar-refractivity contribution < 1.29 is 17.9 Å². The SMILES string of the molecule is CC(C)(C)OC(=O)N(N)c1ccccc1.CNCCN1CCS(=O)(=O)CC1. The Labute approximate surface area is 162 Å². The minimum atomic E-state index is -2.70. The third-order valence-corrected chi connectivity index (χ3v) is 5.35. The number of nitrogens with zero attached hydrogens (tertiary/aromatic N) is 2. The first-order valence-electron chi connectivity index (χ1n) is 8.94. The van der Waals surface area contributed by atoms with Crippen LogP contribution in [0.4, 0.5) is 10.5 Å². The van der Waals surface area contributed by atoms with Crippen LogP contribution >= 0.6 is 0 Å². The zero-order chi connectivity index (χ0) is 20.5. The van der Waals surface area contributed by atoms with Crippen LogP contribution in [0, 0.1) is 0 Å². The summed E-state index contributed by atoms with van der Waals surface area (Å²) >= 11 is 0. The van der Waals surface area contributed by atoms with Gasteiger partial charge in [-0.1, -0.05) is 18.2 Å². The number of carbonyl (C=O) groups excluding carboxylic acids is 1.